The number of nitrogens with two attached hydrogens (primary N) is 1. The molecule has 5 nitrogen and oxygen atoms in total. The SMILES string of the molecule is CC(C)(C)C(=O)N1CCC(NC(=O)C2CCC(N)C2)CC1. The normalized spacial score (nSPS) is 27.7. The quantitative estimate of drug-likeness (QED) is 0.805. The molecular weight excluding hydrogens is 266 g/mol. The molecule has 2 fully saturated rings. The number of carbonyl (C=O) groups is 2. The van der Waals surface area contributed by atoms with E-state index in [1.807, 2.05) is 25.7 Å². The first-order valence-corrected chi connectivity index (χ1v) is 8.12. The summed E-state index contributed by atoms with van der Waals surface area (Å²) in [5.41, 5.74) is 5.54. The Morgan fingerprint density at radius 2 is 1.71 bits per heavy atom. The lowest BCUT2D eigenvalue weighted by atomic mass is 9.93. The van der Waals surface area contributed by atoms with E-state index in [1.54, 1.807) is 0 Å². The summed E-state index contributed by atoms with van der Waals surface area (Å²) in [6.07, 6.45) is 4.39. The molecule has 3 N–H and O–H groups in total. The second kappa shape index (κ2) is 6.34. The molecule has 1 saturated carbocycles. The van der Waals surface area contributed by atoms with Gasteiger partial charge in [0.15, 0.2) is 0 Å². The zero-order valence-electron chi connectivity index (χ0n) is 13.5. The van der Waals surface area contributed by atoms with E-state index in [4.69, 9.17) is 5.73 Å². The molecular formula is C16H29N3O2. The van der Waals surface area contributed by atoms with Crippen molar-refractivity contribution in [2.24, 2.45) is 17.1 Å². The molecule has 0 aromatic rings. The molecule has 0 aromatic carbocycles. The van der Waals surface area contributed by atoms with Gasteiger partial charge in [0.25, 0.3) is 0 Å². The van der Waals surface area contributed by atoms with Crippen molar-refractivity contribution in [1.82, 2.24) is 10.2 Å². The smallest absolute Gasteiger partial charge is 0.227 e. The van der Waals surface area contributed by atoms with Crippen LogP contribution in [0, 0.1) is 11.3 Å². The van der Waals surface area contributed by atoms with Crippen molar-refractivity contribution in [1.29, 1.82) is 0 Å². The van der Waals surface area contributed by atoms with Gasteiger partial charge in [0, 0.05) is 36.5 Å². The summed E-state index contributed by atoms with van der Waals surface area (Å²) in [4.78, 5) is 26.3. The van der Waals surface area contributed by atoms with Crippen molar-refractivity contribution in [3.05, 3.63) is 0 Å². The summed E-state index contributed by atoms with van der Waals surface area (Å²) in [6.45, 7) is 7.34. The van der Waals surface area contributed by atoms with Crippen molar-refractivity contribution in [3.63, 3.8) is 0 Å². The Bertz CT molecular complexity index is 395. The van der Waals surface area contributed by atoms with Crippen LogP contribution in [0.25, 0.3) is 0 Å². The van der Waals surface area contributed by atoms with E-state index in [0.717, 1.165) is 45.2 Å². The van der Waals surface area contributed by atoms with Crippen LogP contribution >= 0.6 is 0 Å². The third-order valence-corrected chi connectivity index (χ3v) is 4.61. The minimum atomic E-state index is -0.323. The zero-order chi connectivity index (χ0) is 15.6. The molecule has 1 aliphatic carbocycles. The minimum absolute atomic E-state index is 0.0919. The zero-order valence-corrected chi connectivity index (χ0v) is 13.5. The number of nitrogens with one attached hydrogen (secondary N) is 1. The third-order valence-electron chi connectivity index (χ3n) is 4.61. The minimum Gasteiger partial charge on any atom is -0.353 e. The van der Waals surface area contributed by atoms with Gasteiger partial charge in [-0.15, -0.1) is 0 Å². The fourth-order valence-electron chi connectivity index (χ4n) is 3.27. The molecule has 0 aromatic heterocycles. The van der Waals surface area contributed by atoms with Gasteiger partial charge in [0.05, 0.1) is 0 Å². The topological polar surface area (TPSA) is 75.4 Å². The Morgan fingerprint density at radius 3 is 2.19 bits per heavy atom. The second-order valence-corrected chi connectivity index (χ2v) is 7.60. The van der Waals surface area contributed by atoms with Gasteiger partial charge in [-0.1, -0.05) is 20.8 Å². The molecule has 2 amide bonds. The summed E-state index contributed by atoms with van der Waals surface area (Å²) in [5, 5.41) is 3.15. The van der Waals surface area contributed by atoms with Crippen LogP contribution in [0.2, 0.25) is 0 Å². The van der Waals surface area contributed by atoms with E-state index in [2.05, 4.69) is 5.32 Å². The number of likely N-dealkylation sites (tertiary alicyclic amines) is 1. The van der Waals surface area contributed by atoms with E-state index in [1.165, 1.54) is 0 Å². The van der Waals surface area contributed by atoms with Crippen LogP contribution in [0.5, 0.6) is 0 Å². The van der Waals surface area contributed by atoms with Gasteiger partial charge in [0.1, 0.15) is 0 Å². The average Bonchev–Trinajstić information content (AvgIpc) is 2.84. The highest BCUT2D eigenvalue weighted by Crippen LogP contribution is 2.25. The van der Waals surface area contributed by atoms with E-state index >= 15 is 0 Å². The Kier molecular flexibility index (Phi) is 4.91. The van der Waals surface area contributed by atoms with Gasteiger partial charge < -0.3 is 16.0 Å². The Hall–Kier alpha value is -1.10. The standard InChI is InChI=1S/C16H29N3O2/c1-16(2,3)15(21)19-8-6-13(7-9-19)18-14(20)11-4-5-12(17)10-11/h11-13H,4-10,17H2,1-3H3,(H,18,20). The van der Waals surface area contributed by atoms with Gasteiger partial charge in [0.2, 0.25) is 11.8 Å². The predicted octanol–water partition coefficient (Wildman–Crippen LogP) is 1.27. The summed E-state index contributed by atoms with van der Waals surface area (Å²) in [7, 11) is 0. The highest BCUT2D eigenvalue weighted by Gasteiger charge is 2.32. The molecule has 1 aliphatic heterocycles. The molecule has 1 saturated heterocycles. The molecule has 2 rings (SSSR count). The molecule has 1 heterocycles. The van der Waals surface area contributed by atoms with Crippen LogP contribution in [-0.2, 0) is 9.59 Å². The first kappa shape index (κ1) is 16.3. The number of carbonyl (C=O) groups excluding carboxylic acids is 2. The van der Waals surface area contributed by atoms with Gasteiger partial charge in [-0.25, -0.2) is 0 Å². The second-order valence-electron chi connectivity index (χ2n) is 7.60. The number of nitrogens with zero attached hydrogens (tertiary/aromatic N) is 1. The lowest BCUT2D eigenvalue weighted by Crippen LogP contribution is -2.50. The molecule has 0 bridgehead atoms. The number of rotatable bonds is 2. The Labute approximate surface area is 127 Å². The Morgan fingerprint density at radius 1 is 1.10 bits per heavy atom. The van der Waals surface area contributed by atoms with Crippen LogP contribution in [-0.4, -0.2) is 41.9 Å². The van der Waals surface area contributed by atoms with E-state index in [0.29, 0.717) is 0 Å². The van der Waals surface area contributed by atoms with Crippen molar-refractivity contribution in [2.75, 3.05) is 13.1 Å². The highest BCUT2D eigenvalue weighted by molar-refractivity contribution is 5.82. The molecule has 2 aliphatic rings. The maximum absolute atomic E-state index is 12.2. The number of amides is 2. The monoisotopic (exact) mass is 295 g/mol. The van der Waals surface area contributed by atoms with Crippen LogP contribution in [0.15, 0.2) is 0 Å². The largest absolute Gasteiger partial charge is 0.353 e. The van der Waals surface area contributed by atoms with E-state index in [-0.39, 0.29) is 35.2 Å². The maximum atomic E-state index is 12.2. The summed E-state index contributed by atoms with van der Waals surface area (Å²) in [6, 6.07) is 0.394. The molecule has 2 unspecified atom stereocenters. The average molecular weight is 295 g/mol. The Balaban J connectivity index is 1.77. The van der Waals surface area contributed by atoms with Gasteiger partial charge in [-0.2, -0.15) is 0 Å². The highest BCUT2D eigenvalue weighted by atomic mass is 16.2. The predicted molar refractivity (Wildman–Crippen MR) is 82.5 cm³/mol. The molecule has 0 radical (unpaired) electrons. The van der Waals surface area contributed by atoms with E-state index < -0.39 is 0 Å². The van der Waals surface area contributed by atoms with Gasteiger partial charge >= 0.3 is 0 Å². The lowest BCUT2D eigenvalue weighted by molar-refractivity contribution is -0.140. The first-order valence-electron chi connectivity index (χ1n) is 8.12. The summed E-state index contributed by atoms with van der Waals surface area (Å²) < 4.78 is 0. The third kappa shape index (κ3) is 4.19. The first-order chi connectivity index (χ1) is 9.77. The van der Waals surface area contributed by atoms with Gasteiger partial charge in [-0.05, 0) is 32.1 Å². The van der Waals surface area contributed by atoms with Crippen LogP contribution < -0.4 is 11.1 Å². The van der Waals surface area contributed by atoms with Crippen molar-refractivity contribution < 1.29 is 9.59 Å². The fourth-order valence-corrected chi connectivity index (χ4v) is 3.27. The summed E-state index contributed by atoms with van der Waals surface area (Å²) in [5.74, 6) is 0.451. The van der Waals surface area contributed by atoms with Crippen LogP contribution in [0.1, 0.15) is 52.9 Å². The molecule has 0 spiro atoms. The fraction of sp³-hybridized carbons (Fsp3) is 0.875. The maximum Gasteiger partial charge on any atom is 0.227 e. The van der Waals surface area contributed by atoms with Crippen molar-refractivity contribution >= 4 is 11.8 Å². The number of hydrogen-bond donors (Lipinski definition) is 2. The molecule has 2 atom stereocenters. The van der Waals surface area contributed by atoms with Crippen LogP contribution in [0.4, 0.5) is 0 Å². The van der Waals surface area contributed by atoms with E-state index in [9.17, 15) is 9.59 Å². The van der Waals surface area contributed by atoms with Gasteiger partial charge in [-0.3, -0.25) is 9.59 Å². The lowest BCUT2D eigenvalue weighted by Gasteiger charge is -2.36. The summed E-state index contributed by atoms with van der Waals surface area (Å²) >= 11 is 0. The van der Waals surface area contributed by atoms with Crippen molar-refractivity contribution in [3.8, 4) is 0 Å². The molecule has 5 heteroatoms. The molecule has 120 valence electrons. The van der Waals surface area contributed by atoms with Crippen molar-refractivity contribution in [2.45, 2.75) is 65.0 Å². The molecule has 21 heavy (non-hydrogen) atoms. The number of hydrogen-bond acceptors (Lipinski definition) is 3. The number of piperidine rings is 1. The van der Waals surface area contributed by atoms with Crippen LogP contribution in [0.3, 0.4) is 0 Å².